The molecular weight excluding hydrogens is 384 g/mol. The zero-order chi connectivity index (χ0) is 20.4. The van der Waals surface area contributed by atoms with Crippen LogP contribution in [0, 0.1) is 0 Å². The number of carbonyl (C=O) groups is 1. The molecular formula is C22H26N4O2S. The van der Waals surface area contributed by atoms with Crippen LogP contribution in [0.2, 0.25) is 0 Å². The van der Waals surface area contributed by atoms with Gasteiger partial charge < -0.3 is 15.0 Å². The SMILES string of the molecule is CC(C)(C)OC(=O)N1CCCC(c2cc3ccccc3c(Nc3nccs3)n2)C1. The Bertz CT molecular complexity index is 998. The predicted octanol–water partition coefficient (Wildman–Crippen LogP) is 5.55. The Hall–Kier alpha value is -2.67. The van der Waals surface area contributed by atoms with Crippen LogP contribution in [0.15, 0.2) is 41.9 Å². The lowest BCUT2D eigenvalue weighted by Crippen LogP contribution is -2.42. The molecule has 2 aromatic heterocycles. The lowest BCUT2D eigenvalue weighted by Gasteiger charge is -2.34. The van der Waals surface area contributed by atoms with Crippen LogP contribution in [-0.2, 0) is 4.74 Å². The zero-order valence-electron chi connectivity index (χ0n) is 17.0. The first-order valence-electron chi connectivity index (χ1n) is 9.93. The molecule has 4 rings (SSSR count). The van der Waals surface area contributed by atoms with Crippen LogP contribution < -0.4 is 5.32 Å². The molecule has 1 aromatic carbocycles. The maximum Gasteiger partial charge on any atom is 0.410 e. The van der Waals surface area contributed by atoms with Crippen LogP contribution >= 0.6 is 11.3 Å². The number of rotatable bonds is 3. The van der Waals surface area contributed by atoms with Crippen LogP contribution in [-0.4, -0.2) is 39.7 Å². The standard InChI is InChI=1S/C22H26N4O2S/c1-22(2,3)28-21(27)26-11-6-8-16(14-26)18-13-15-7-4-5-9-17(15)19(24-18)25-20-23-10-12-29-20/h4-5,7,9-10,12-13,16H,6,8,11,14H2,1-3H3,(H,23,24,25). The van der Waals surface area contributed by atoms with Gasteiger partial charge >= 0.3 is 6.09 Å². The third-order valence-electron chi connectivity index (χ3n) is 4.91. The molecule has 7 heteroatoms. The largest absolute Gasteiger partial charge is 0.444 e. The number of fused-ring (bicyclic) bond motifs is 1. The van der Waals surface area contributed by atoms with Gasteiger partial charge in [0.25, 0.3) is 0 Å². The van der Waals surface area contributed by atoms with Crippen molar-refractivity contribution in [3.05, 3.63) is 47.6 Å². The summed E-state index contributed by atoms with van der Waals surface area (Å²) >= 11 is 1.55. The molecule has 1 saturated heterocycles. The number of aromatic nitrogens is 2. The van der Waals surface area contributed by atoms with E-state index in [2.05, 4.69) is 28.5 Å². The highest BCUT2D eigenvalue weighted by atomic mass is 32.1. The highest BCUT2D eigenvalue weighted by Gasteiger charge is 2.29. The Morgan fingerprint density at radius 1 is 1.31 bits per heavy atom. The number of nitrogens with zero attached hydrogens (tertiary/aromatic N) is 3. The van der Waals surface area contributed by atoms with Crippen LogP contribution in [0.5, 0.6) is 0 Å². The van der Waals surface area contributed by atoms with Gasteiger partial charge in [-0.15, -0.1) is 11.3 Å². The van der Waals surface area contributed by atoms with Crippen LogP contribution in [0.3, 0.4) is 0 Å². The number of carbonyl (C=O) groups excluding carboxylic acids is 1. The van der Waals surface area contributed by atoms with Crippen molar-refractivity contribution in [3.8, 4) is 0 Å². The van der Waals surface area contributed by atoms with Crippen molar-refractivity contribution in [3.63, 3.8) is 0 Å². The number of nitrogens with one attached hydrogen (secondary N) is 1. The molecule has 1 N–H and O–H groups in total. The molecule has 0 radical (unpaired) electrons. The number of likely N-dealkylation sites (tertiary alicyclic amines) is 1. The fraction of sp³-hybridized carbons (Fsp3) is 0.409. The van der Waals surface area contributed by atoms with Crippen molar-refractivity contribution < 1.29 is 9.53 Å². The predicted molar refractivity (Wildman–Crippen MR) is 117 cm³/mol. The summed E-state index contributed by atoms with van der Waals surface area (Å²) in [6.07, 6.45) is 3.47. The van der Waals surface area contributed by atoms with Crippen molar-refractivity contribution in [1.29, 1.82) is 0 Å². The summed E-state index contributed by atoms with van der Waals surface area (Å²) in [5.41, 5.74) is 0.506. The third kappa shape index (κ3) is 4.67. The van der Waals surface area contributed by atoms with Gasteiger partial charge in [-0.3, -0.25) is 0 Å². The number of ether oxygens (including phenoxy) is 1. The minimum absolute atomic E-state index is 0.178. The number of thiazole rings is 1. The second-order valence-electron chi connectivity index (χ2n) is 8.34. The Kier molecular flexibility index (Phi) is 5.41. The molecule has 0 bridgehead atoms. The quantitative estimate of drug-likeness (QED) is 0.613. The van der Waals surface area contributed by atoms with Gasteiger partial charge in [0.2, 0.25) is 0 Å². The number of pyridine rings is 1. The van der Waals surface area contributed by atoms with Crippen LogP contribution in [0.1, 0.15) is 45.2 Å². The van der Waals surface area contributed by atoms with Gasteiger partial charge in [-0.05, 0) is 45.1 Å². The van der Waals surface area contributed by atoms with Gasteiger partial charge in [0.05, 0.1) is 0 Å². The van der Waals surface area contributed by atoms with Crippen molar-refractivity contribution in [1.82, 2.24) is 14.9 Å². The second-order valence-corrected chi connectivity index (χ2v) is 9.24. The highest BCUT2D eigenvalue weighted by molar-refractivity contribution is 7.13. The van der Waals surface area contributed by atoms with E-state index < -0.39 is 5.60 Å². The molecule has 1 aliphatic rings. The van der Waals surface area contributed by atoms with E-state index in [1.54, 1.807) is 17.5 Å². The summed E-state index contributed by atoms with van der Waals surface area (Å²) in [5, 5.41) is 8.31. The molecule has 1 aliphatic heterocycles. The maximum absolute atomic E-state index is 12.5. The molecule has 3 heterocycles. The van der Waals surface area contributed by atoms with E-state index in [1.165, 1.54) is 0 Å². The van der Waals surface area contributed by atoms with Crippen LogP contribution in [0.25, 0.3) is 10.8 Å². The molecule has 3 aromatic rings. The molecule has 0 saturated carbocycles. The van der Waals surface area contributed by atoms with Crippen LogP contribution in [0.4, 0.5) is 15.7 Å². The van der Waals surface area contributed by atoms with E-state index in [0.29, 0.717) is 6.54 Å². The first-order chi connectivity index (χ1) is 13.9. The summed E-state index contributed by atoms with van der Waals surface area (Å²) in [6, 6.07) is 10.4. The number of hydrogen-bond donors (Lipinski definition) is 1. The summed E-state index contributed by atoms with van der Waals surface area (Å²) in [6.45, 7) is 7.04. The molecule has 1 unspecified atom stereocenters. The molecule has 6 nitrogen and oxygen atoms in total. The smallest absolute Gasteiger partial charge is 0.410 e. The Morgan fingerprint density at radius 3 is 2.90 bits per heavy atom. The Morgan fingerprint density at radius 2 is 2.14 bits per heavy atom. The summed E-state index contributed by atoms with van der Waals surface area (Å²) in [7, 11) is 0. The number of amides is 1. The summed E-state index contributed by atoms with van der Waals surface area (Å²) in [4.78, 5) is 23.6. The van der Waals surface area contributed by atoms with E-state index in [-0.39, 0.29) is 12.0 Å². The fourth-order valence-electron chi connectivity index (χ4n) is 3.62. The minimum Gasteiger partial charge on any atom is -0.444 e. The van der Waals surface area contributed by atoms with Gasteiger partial charge in [0.1, 0.15) is 11.4 Å². The lowest BCUT2D eigenvalue weighted by atomic mass is 9.93. The number of benzene rings is 1. The van der Waals surface area contributed by atoms with Gasteiger partial charge in [-0.25, -0.2) is 14.8 Å². The van der Waals surface area contributed by atoms with Crippen molar-refractivity contribution in [2.45, 2.75) is 45.1 Å². The molecule has 1 amide bonds. The summed E-state index contributed by atoms with van der Waals surface area (Å²) in [5.74, 6) is 0.986. The van der Waals surface area contributed by atoms with E-state index >= 15 is 0 Å². The molecule has 0 spiro atoms. The van der Waals surface area contributed by atoms with Crippen molar-refractivity contribution in [2.24, 2.45) is 0 Å². The molecule has 1 fully saturated rings. The number of piperidine rings is 1. The Balaban J connectivity index is 1.62. The zero-order valence-corrected chi connectivity index (χ0v) is 17.8. The van der Waals surface area contributed by atoms with E-state index in [4.69, 9.17) is 9.72 Å². The molecule has 0 aliphatic carbocycles. The van der Waals surface area contributed by atoms with E-state index in [9.17, 15) is 4.79 Å². The van der Waals surface area contributed by atoms with Gasteiger partial charge in [-0.1, -0.05) is 24.3 Å². The van der Waals surface area contributed by atoms with Gasteiger partial charge in [0.15, 0.2) is 5.13 Å². The number of anilines is 2. The molecule has 1 atom stereocenters. The van der Waals surface area contributed by atoms with Gasteiger partial charge in [-0.2, -0.15) is 0 Å². The fourth-order valence-corrected chi connectivity index (χ4v) is 4.15. The maximum atomic E-state index is 12.5. The molecule has 29 heavy (non-hydrogen) atoms. The van der Waals surface area contributed by atoms with Crippen molar-refractivity contribution >= 4 is 39.2 Å². The normalized spacial score (nSPS) is 17.3. The Labute approximate surface area is 174 Å². The first kappa shape index (κ1) is 19.6. The van der Waals surface area contributed by atoms with E-state index in [1.807, 2.05) is 43.2 Å². The average molecular weight is 411 g/mol. The molecule has 152 valence electrons. The lowest BCUT2D eigenvalue weighted by molar-refractivity contribution is 0.0197. The minimum atomic E-state index is -0.490. The number of hydrogen-bond acceptors (Lipinski definition) is 6. The van der Waals surface area contributed by atoms with Gasteiger partial charge in [0, 0.05) is 41.7 Å². The highest BCUT2D eigenvalue weighted by Crippen LogP contribution is 2.32. The summed E-state index contributed by atoms with van der Waals surface area (Å²) < 4.78 is 5.57. The first-order valence-corrected chi connectivity index (χ1v) is 10.8. The monoisotopic (exact) mass is 410 g/mol. The second kappa shape index (κ2) is 7.99. The van der Waals surface area contributed by atoms with Crippen molar-refractivity contribution in [2.75, 3.05) is 18.4 Å². The third-order valence-corrected chi connectivity index (χ3v) is 5.60. The van der Waals surface area contributed by atoms with E-state index in [0.717, 1.165) is 46.8 Å². The average Bonchev–Trinajstić information content (AvgIpc) is 3.20. The topological polar surface area (TPSA) is 67.3 Å².